The number of sulfonamides is 1. The van der Waals surface area contributed by atoms with Gasteiger partial charge in [-0.25, -0.2) is 12.8 Å². The Morgan fingerprint density at radius 2 is 2.22 bits per heavy atom. The fourth-order valence-corrected chi connectivity index (χ4v) is 3.57. The predicted octanol–water partition coefficient (Wildman–Crippen LogP) is 2.29. The van der Waals surface area contributed by atoms with Crippen LogP contribution in [0.4, 0.5) is 10.1 Å². The van der Waals surface area contributed by atoms with E-state index in [-0.39, 0.29) is 22.1 Å². The molecule has 1 atom stereocenters. The largest absolute Gasteiger partial charge is 0.392 e. The molecule has 1 aromatic carbocycles. The number of thiocarbonyl (C=S) groups is 1. The lowest BCUT2D eigenvalue weighted by Crippen LogP contribution is -2.37. The molecule has 1 rings (SSSR count). The normalized spacial score (nSPS) is 13.1. The lowest BCUT2D eigenvalue weighted by Gasteiger charge is -2.17. The van der Waals surface area contributed by atoms with Gasteiger partial charge in [0.15, 0.2) is 0 Å². The number of anilines is 1. The van der Waals surface area contributed by atoms with Gasteiger partial charge in [-0.15, -0.1) is 0 Å². The van der Waals surface area contributed by atoms with Gasteiger partial charge in [-0.2, -0.15) is 0 Å². The maximum absolute atomic E-state index is 13.5. The molecule has 3 N–H and O–H groups in total. The highest BCUT2D eigenvalue weighted by Gasteiger charge is 2.27. The van der Waals surface area contributed by atoms with Crippen molar-refractivity contribution in [1.82, 2.24) is 0 Å². The first kappa shape index (κ1) is 15.1. The van der Waals surface area contributed by atoms with Crippen molar-refractivity contribution in [3.05, 3.63) is 29.0 Å². The zero-order chi connectivity index (χ0) is 13.9. The van der Waals surface area contributed by atoms with Crippen molar-refractivity contribution in [3.8, 4) is 0 Å². The molecule has 0 saturated heterocycles. The molecule has 100 valence electrons. The van der Waals surface area contributed by atoms with E-state index in [1.54, 1.807) is 6.92 Å². The number of para-hydroxylation sites is 1. The molecule has 4 nitrogen and oxygen atoms in total. The quantitative estimate of drug-likeness (QED) is 0.819. The van der Waals surface area contributed by atoms with Crippen LogP contribution in [0.15, 0.2) is 18.2 Å². The number of benzene rings is 1. The predicted molar refractivity (Wildman–Crippen MR) is 74.8 cm³/mol. The monoisotopic (exact) mass is 310 g/mol. The second-order valence-electron chi connectivity index (χ2n) is 3.54. The fraction of sp³-hybridized carbons (Fsp3) is 0.300. The summed E-state index contributed by atoms with van der Waals surface area (Å²) in [6.45, 7) is 1.62. The van der Waals surface area contributed by atoms with Gasteiger partial charge in [0.1, 0.15) is 16.8 Å². The first-order valence-electron chi connectivity index (χ1n) is 5.04. The summed E-state index contributed by atoms with van der Waals surface area (Å²) < 4.78 is 39.5. The Kier molecular flexibility index (Phi) is 4.89. The standard InChI is InChI=1S/C10H12ClFN2O2S2/c1-2-8(10(13)17)18(15,16)14-9-6(11)4-3-5-7(9)12/h3-5,8,14H,2H2,1H3,(H2,13,17). The third-order valence-electron chi connectivity index (χ3n) is 2.27. The Balaban J connectivity index is 3.14. The molecular weight excluding hydrogens is 299 g/mol. The number of nitrogens with two attached hydrogens (primary N) is 1. The van der Waals surface area contributed by atoms with E-state index < -0.39 is 21.1 Å². The topological polar surface area (TPSA) is 72.2 Å². The molecule has 18 heavy (non-hydrogen) atoms. The molecule has 0 radical (unpaired) electrons. The van der Waals surface area contributed by atoms with E-state index in [0.29, 0.717) is 0 Å². The summed E-state index contributed by atoms with van der Waals surface area (Å²) in [5.41, 5.74) is 5.05. The molecule has 1 aromatic rings. The van der Waals surface area contributed by atoms with E-state index in [4.69, 9.17) is 17.3 Å². The van der Waals surface area contributed by atoms with Crippen molar-refractivity contribution >= 4 is 44.5 Å². The minimum absolute atomic E-state index is 0.0311. The van der Waals surface area contributed by atoms with Crippen molar-refractivity contribution in [3.63, 3.8) is 0 Å². The van der Waals surface area contributed by atoms with Crippen molar-refractivity contribution in [2.24, 2.45) is 5.73 Å². The number of hydrogen-bond donors (Lipinski definition) is 2. The van der Waals surface area contributed by atoms with Crippen LogP contribution in [0, 0.1) is 5.82 Å². The molecular formula is C10H12ClFN2O2S2. The molecule has 0 aromatic heterocycles. The Morgan fingerprint density at radius 3 is 2.67 bits per heavy atom. The second kappa shape index (κ2) is 5.81. The second-order valence-corrected chi connectivity index (χ2v) is 6.28. The summed E-state index contributed by atoms with van der Waals surface area (Å²) in [7, 11) is -3.91. The average Bonchev–Trinajstić information content (AvgIpc) is 2.23. The van der Waals surface area contributed by atoms with Gasteiger partial charge in [0.2, 0.25) is 10.0 Å². The van der Waals surface area contributed by atoms with Gasteiger partial charge >= 0.3 is 0 Å². The molecule has 0 aliphatic heterocycles. The molecule has 0 aliphatic rings. The smallest absolute Gasteiger partial charge is 0.242 e. The summed E-state index contributed by atoms with van der Waals surface area (Å²) in [5, 5.41) is -1.10. The van der Waals surface area contributed by atoms with E-state index in [1.165, 1.54) is 12.1 Å². The molecule has 8 heteroatoms. The summed E-state index contributed by atoms with van der Waals surface area (Å²) >= 11 is 10.4. The van der Waals surface area contributed by atoms with Gasteiger partial charge in [-0.3, -0.25) is 4.72 Å². The van der Waals surface area contributed by atoms with Gasteiger partial charge in [-0.1, -0.05) is 36.8 Å². The maximum atomic E-state index is 13.5. The van der Waals surface area contributed by atoms with Crippen LogP contribution in [-0.4, -0.2) is 18.7 Å². The van der Waals surface area contributed by atoms with Gasteiger partial charge in [0, 0.05) is 0 Å². The van der Waals surface area contributed by atoms with Crippen LogP contribution < -0.4 is 10.5 Å². The Labute approximate surface area is 115 Å². The molecule has 1 unspecified atom stereocenters. The molecule has 0 heterocycles. The van der Waals surface area contributed by atoms with Gasteiger partial charge in [0.05, 0.1) is 10.0 Å². The molecule has 0 amide bonds. The minimum Gasteiger partial charge on any atom is -0.392 e. The number of hydrogen-bond acceptors (Lipinski definition) is 3. The van der Waals surface area contributed by atoms with Crippen LogP contribution in [0.25, 0.3) is 0 Å². The third kappa shape index (κ3) is 3.30. The van der Waals surface area contributed by atoms with Gasteiger partial charge in [0.25, 0.3) is 0 Å². The first-order valence-corrected chi connectivity index (χ1v) is 7.37. The van der Waals surface area contributed by atoms with Crippen LogP contribution in [0.2, 0.25) is 5.02 Å². The molecule has 0 bridgehead atoms. The highest BCUT2D eigenvalue weighted by atomic mass is 35.5. The lowest BCUT2D eigenvalue weighted by atomic mass is 10.3. The van der Waals surface area contributed by atoms with E-state index in [2.05, 4.69) is 16.9 Å². The fourth-order valence-electron chi connectivity index (χ4n) is 1.38. The highest BCUT2D eigenvalue weighted by molar-refractivity contribution is 7.95. The van der Waals surface area contributed by atoms with Crippen LogP contribution in [0.5, 0.6) is 0 Å². The summed E-state index contributed by atoms with van der Waals surface area (Å²) in [6, 6.07) is 3.86. The molecule has 0 spiro atoms. The molecule has 0 saturated carbocycles. The number of nitrogens with one attached hydrogen (secondary N) is 1. The van der Waals surface area contributed by atoms with Gasteiger partial charge in [-0.05, 0) is 18.6 Å². The van der Waals surface area contributed by atoms with E-state index in [0.717, 1.165) is 6.07 Å². The summed E-state index contributed by atoms with van der Waals surface area (Å²) in [5.74, 6) is -0.760. The average molecular weight is 311 g/mol. The Hall–Kier alpha value is -0.920. The van der Waals surface area contributed by atoms with Gasteiger partial charge < -0.3 is 5.73 Å². The molecule has 0 aliphatic carbocycles. The Bertz CT molecular complexity index is 543. The Morgan fingerprint density at radius 1 is 1.61 bits per heavy atom. The summed E-state index contributed by atoms with van der Waals surface area (Å²) in [4.78, 5) is -0.169. The van der Waals surface area contributed by atoms with Crippen molar-refractivity contribution in [2.45, 2.75) is 18.6 Å². The van der Waals surface area contributed by atoms with Crippen molar-refractivity contribution in [1.29, 1.82) is 0 Å². The van der Waals surface area contributed by atoms with E-state index in [9.17, 15) is 12.8 Å². The third-order valence-corrected chi connectivity index (χ3v) is 4.84. The zero-order valence-corrected chi connectivity index (χ0v) is 11.9. The van der Waals surface area contributed by atoms with Crippen LogP contribution in [-0.2, 0) is 10.0 Å². The number of rotatable bonds is 5. The van der Waals surface area contributed by atoms with Crippen LogP contribution in [0.3, 0.4) is 0 Å². The van der Waals surface area contributed by atoms with E-state index in [1.807, 2.05) is 0 Å². The lowest BCUT2D eigenvalue weighted by molar-refractivity contribution is 0.592. The summed E-state index contributed by atoms with van der Waals surface area (Å²) in [6.07, 6.45) is 0.191. The van der Waals surface area contributed by atoms with E-state index >= 15 is 0 Å². The first-order chi connectivity index (χ1) is 8.29. The maximum Gasteiger partial charge on any atom is 0.242 e. The molecule has 0 fully saturated rings. The van der Waals surface area contributed by atoms with Crippen molar-refractivity contribution < 1.29 is 12.8 Å². The zero-order valence-electron chi connectivity index (χ0n) is 9.48. The van der Waals surface area contributed by atoms with Crippen LogP contribution in [0.1, 0.15) is 13.3 Å². The highest BCUT2D eigenvalue weighted by Crippen LogP contribution is 2.26. The SMILES string of the molecule is CCC(C(N)=S)S(=O)(=O)Nc1c(F)cccc1Cl. The van der Waals surface area contributed by atoms with Crippen molar-refractivity contribution in [2.75, 3.05) is 4.72 Å². The number of halogens is 2. The van der Waals surface area contributed by atoms with Crippen LogP contribution >= 0.6 is 23.8 Å². The minimum atomic E-state index is -3.91.